The first-order valence-corrected chi connectivity index (χ1v) is 8.41. The number of thiophene rings is 1. The maximum absolute atomic E-state index is 5.96. The molecule has 18 heavy (non-hydrogen) atoms. The Balaban J connectivity index is 2.91. The average Bonchev–Trinajstić information content (AvgIpc) is 2.74. The molecule has 2 nitrogen and oxygen atoms in total. The smallest absolute Gasteiger partial charge is 0.0793 e. The highest BCUT2D eigenvalue weighted by Gasteiger charge is 2.27. The van der Waals surface area contributed by atoms with Crippen LogP contribution in [0.25, 0.3) is 0 Å². The van der Waals surface area contributed by atoms with Crippen LogP contribution < -0.4 is 5.32 Å². The van der Waals surface area contributed by atoms with Gasteiger partial charge in [0.25, 0.3) is 0 Å². The van der Waals surface area contributed by atoms with E-state index in [0.717, 1.165) is 19.6 Å². The summed E-state index contributed by atoms with van der Waals surface area (Å²) in [5, 5.41) is 7.98. The number of nitrogens with one attached hydrogen (secondary N) is 1. The molecule has 0 bridgehead atoms. The van der Waals surface area contributed by atoms with E-state index in [4.69, 9.17) is 4.74 Å². The SMILES string of the molecule is CCCNC(c1cscc1Br)C(OCC)C(C)C. The van der Waals surface area contributed by atoms with Crippen molar-refractivity contribution < 1.29 is 4.74 Å². The van der Waals surface area contributed by atoms with Crippen molar-refractivity contribution in [2.24, 2.45) is 5.92 Å². The van der Waals surface area contributed by atoms with Gasteiger partial charge in [-0.3, -0.25) is 0 Å². The zero-order valence-corrected chi connectivity index (χ0v) is 14.1. The normalized spacial score (nSPS) is 15.0. The Bertz CT molecular complexity index is 340. The Labute approximate surface area is 123 Å². The van der Waals surface area contributed by atoms with Gasteiger partial charge in [-0.1, -0.05) is 20.8 Å². The van der Waals surface area contributed by atoms with Crippen molar-refractivity contribution in [3.05, 3.63) is 20.8 Å². The molecule has 0 fully saturated rings. The Morgan fingerprint density at radius 3 is 2.50 bits per heavy atom. The van der Waals surface area contributed by atoms with Crippen molar-refractivity contribution in [1.82, 2.24) is 5.32 Å². The Morgan fingerprint density at radius 2 is 2.06 bits per heavy atom. The molecular formula is C14H24BrNOS. The summed E-state index contributed by atoms with van der Waals surface area (Å²) in [6.45, 7) is 10.5. The van der Waals surface area contributed by atoms with Gasteiger partial charge >= 0.3 is 0 Å². The third kappa shape index (κ3) is 4.34. The van der Waals surface area contributed by atoms with Gasteiger partial charge in [0.05, 0.1) is 12.1 Å². The summed E-state index contributed by atoms with van der Waals surface area (Å²) < 4.78 is 7.15. The number of ether oxygens (including phenoxy) is 1. The monoisotopic (exact) mass is 333 g/mol. The summed E-state index contributed by atoms with van der Waals surface area (Å²) in [7, 11) is 0. The van der Waals surface area contributed by atoms with Crippen molar-refractivity contribution in [1.29, 1.82) is 0 Å². The van der Waals surface area contributed by atoms with Crippen molar-refractivity contribution in [2.75, 3.05) is 13.2 Å². The molecule has 2 atom stereocenters. The first kappa shape index (κ1) is 16.2. The zero-order chi connectivity index (χ0) is 13.5. The van der Waals surface area contributed by atoms with E-state index in [-0.39, 0.29) is 12.1 Å². The summed E-state index contributed by atoms with van der Waals surface area (Å²) >= 11 is 5.37. The second-order valence-electron chi connectivity index (χ2n) is 4.77. The van der Waals surface area contributed by atoms with Gasteiger partial charge in [-0.15, -0.1) is 0 Å². The van der Waals surface area contributed by atoms with Crippen molar-refractivity contribution >= 4 is 27.3 Å². The Kier molecular flexibility index (Phi) is 7.46. The van der Waals surface area contributed by atoms with Crippen LogP contribution >= 0.6 is 27.3 Å². The summed E-state index contributed by atoms with van der Waals surface area (Å²) in [6.07, 6.45) is 1.35. The van der Waals surface area contributed by atoms with Crippen LogP contribution in [-0.2, 0) is 4.74 Å². The molecule has 0 saturated heterocycles. The van der Waals surface area contributed by atoms with Crippen LogP contribution in [0, 0.1) is 5.92 Å². The Hall–Kier alpha value is 0.1000. The molecule has 1 rings (SSSR count). The van der Waals surface area contributed by atoms with E-state index >= 15 is 0 Å². The number of hydrogen-bond acceptors (Lipinski definition) is 3. The molecule has 4 heteroatoms. The highest BCUT2D eigenvalue weighted by molar-refractivity contribution is 9.10. The van der Waals surface area contributed by atoms with E-state index < -0.39 is 0 Å². The molecule has 1 heterocycles. The molecule has 1 N–H and O–H groups in total. The molecule has 0 spiro atoms. The van der Waals surface area contributed by atoms with E-state index in [9.17, 15) is 0 Å². The summed E-state index contributed by atoms with van der Waals surface area (Å²) in [5.41, 5.74) is 1.32. The van der Waals surface area contributed by atoms with Crippen molar-refractivity contribution in [2.45, 2.75) is 46.3 Å². The summed E-state index contributed by atoms with van der Waals surface area (Å²) in [6, 6.07) is 0.269. The highest BCUT2D eigenvalue weighted by atomic mass is 79.9. The van der Waals surface area contributed by atoms with E-state index in [2.05, 4.69) is 59.7 Å². The van der Waals surface area contributed by atoms with Gasteiger partial charge in [0.1, 0.15) is 0 Å². The van der Waals surface area contributed by atoms with E-state index in [1.165, 1.54) is 10.0 Å². The first-order chi connectivity index (χ1) is 8.61. The fourth-order valence-corrected chi connectivity index (χ4v) is 3.66. The molecule has 1 aromatic heterocycles. The van der Waals surface area contributed by atoms with E-state index in [1.54, 1.807) is 11.3 Å². The minimum absolute atomic E-state index is 0.215. The van der Waals surface area contributed by atoms with Crippen LogP contribution in [0.4, 0.5) is 0 Å². The number of rotatable bonds is 8. The third-order valence-electron chi connectivity index (χ3n) is 2.94. The summed E-state index contributed by atoms with van der Waals surface area (Å²) in [5.74, 6) is 0.492. The van der Waals surface area contributed by atoms with Gasteiger partial charge in [0.15, 0.2) is 0 Å². The van der Waals surface area contributed by atoms with E-state index in [0.29, 0.717) is 5.92 Å². The molecule has 0 aliphatic rings. The quantitative estimate of drug-likeness (QED) is 0.749. The van der Waals surface area contributed by atoms with Gasteiger partial charge in [0, 0.05) is 16.5 Å². The first-order valence-electron chi connectivity index (χ1n) is 6.68. The largest absolute Gasteiger partial charge is 0.376 e. The molecular weight excluding hydrogens is 310 g/mol. The second kappa shape index (κ2) is 8.31. The van der Waals surface area contributed by atoms with Crippen LogP contribution in [0.15, 0.2) is 15.2 Å². The van der Waals surface area contributed by atoms with Gasteiger partial charge in [-0.05, 0) is 52.7 Å². The Morgan fingerprint density at radius 1 is 1.33 bits per heavy atom. The lowest BCUT2D eigenvalue weighted by Crippen LogP contribution is -2.37. The molecule has 0 aliphatic carbocycles. The minimum atomic E-state index is 0.215. The topological polar surface area (TPSA) is 21.3 Å². The predicted octanol–water partition coefficient (Wildman–Crippen LogP) is 4.61. The zero-order valence-electron chi connectivity index (χ0n) is 11.7. The van der Waals surface area contributed by atoms with Crippen LogP contribution in [0.2, 0.25) is 0 Å². The van der Waals surface area contributed by atoms with Gasteiger partial charge in [0.2, 0.25) is 0 Å². The summed E-state index contributed by atoms with van der Waals surface area (Å²) in [4.78, 5) is 0. The lowest BCUT2D eigenvalue weighted by molar-refractivity contribution is 0.00278. The molecule has 104 valence electrons. The van der Waals surface area contributed by atoms with E-state index in [1.807, 2.05) is 0 Å². The van der Waals surface area contributed by atoms with Crippen LogP contribution in [0.3, 0.4) is 0 Å². The maximum atomic E-state index is 5.96. The van der Waals surface area contributed by atoms with Gasteiger partial charge < -0.3 is 10.1 Å². The lowest BCUT2D eigenvalue weighted by atomic mass is 9.95. The molecule has 0 saturated carbocycles. The number of halogens is 1. The van der Waals surface area contributed by atoms with Gasteiger partial charge in [-0.2, -0.15) is 11.3 Å². The molecule has 1 aromatic rings. The molecule has 2 unspecified atom stereocenters. The second-order valence-corrected chi connectivity index (χ2v) is 6.37. The average molecular weight is 334 g/mol. The highest BCUT2D eigenvalue weighted by Crippen LogP contribution is 2.32. The van der Waals surface area contributed by atoms with Crippen LogP contribution in [0.5, 0.6) is 0 Å². The molecule has 0 aromatic carbocycles. The van der Waals surface area contributed by atoms with Crippen molar-refractivity contribution in [3.8, 4) is 0 Å². The molecule has 0 radical (unpaired) electrons. The minimum Gasteiger partial charge on any atom is -0.376 e. The fraction of sp³-hybridized carbons (Fsp3) is 0.714. The van der Waals surface area contributed by atoms with Crippen molar-refractivity contribution in [3.63, 3.8) is 0 Å². The lowest BCUT2D eigenvalue weighted by Gasteiger charge is -2.31. The van der Waals surface area contributed by atoms with Crippen LogP contribution in [0.1, 0.15) is 45.7 Å². The standard InChI is InChI=1S/C14H24BrNOS/c1-5-7-16-13(11-8-18-9-12(11)15)14(10(3)4)17-6-2/h8-10,13-14,16H,5-7H2,1-4H3. The maximum Gasteiger partial charge on any atom is 0.0793 e. The predicted molar refractivity (Wildman–Crippen MR) is 83.3 cm³/mol. The van der Waals surface area contributed by atoms with Gasteiger partial charge in [-0.25, -0.2) is 0 Å². The third-order valence-corrected chi connectivity index (χ3v) is 4.69. The molecule has 0 amide bonds. The molecule has 0 aliphatic heterocycles. The number of hydrogen-bond donors (Lipinski definition) is 1. The fourth-order valence-electron chi connectivity index (χ4n) is 2.08. The van der Waals surface area contributed by atoms with Crippen LogP contribution in [-0.4, -0.2) is 19.3 Å².